The Bertz CT molecular complexity index is 341. The summed E-state index contributed by atoms with van der Waals surface area (Å²) in [6.45, 7) is 0. The average Bonchev–Trinajstić information content (AvgIpc) is 2.55. The second kappa shape index (κ2) is 3.00. The Morgan fingerprint density at radius 1 is 1.36 bits per heavy atom. The van der Waals surface area contributed by atoms with Crippen LogP contribution in [-0.4, -0.2) is 9.97 Å². The Labute approximate surface area is 80.1 Å². The van der Waals surface area contributed by atoms with Gasteiger partial charge in [-0.3, -0.25) is 4.98 Å². The molecule has 2 aromatic rings. The number of aromatic nitrogens is 2. The fourth-order valence-corrected chi connectivity index (χ4v) is 2.38. The van der Waals surface area contributed by atoms with Crippen LogP contribution < -0.4 is 0 Å². The van der Waals surface area contributed by atoms with E-state index in [1.165, 1.54) is 0 Å². The van der Waals surface area contributed by atoms with Gasteiger partial charge >= 0.3 is 0 Å². The van der Waals surface area contributed by atoms with Crippen molar-refractivity contribution in [2.24, 2.45) is 0 Å². The molecule has 0 aliphatic rings. The first-order valence-corrected chi connectivity index (χ1v) is 5.41. The average molecular weight is 247 g/mol. The standard InChI is InChI=1S/C6H3BrN2S2/c7-6-9-4(2-10-6)5-1-8-3-11-5/h1-3H. The molecule has 0 amide bonds. The van der Waals surface area contributed by atoms with Crippen LogP contribution in [0, 0.1) is 0 Å². The summed E-state index contributed by atoms with van der Waals surface area (Å²) in [5, 5.41) is 2.01. The van der Waals surface area contributed by atoms with Gasteiger partial charge in [-0.1, -0.05) is 0 Å². The van der Waals surface area contributed by atoms with E-state index < -0.39 is 0 Å². The minimum Gasteiger partial charge on any atom is -0.252 e. The van der Waals surface area contributed by atoms with Crippen molar-refractivity contribution in [1.82, 2.24) is 9.97 Å². The summed E-state index contributed by atoms with van der Waals surface area (Å²) in [6.07, 6.45) is 1.83. The normalized spacial score (nSPS) is 10.3. The lowest BCUT2D eigenvalue weighted by molar-refractivity contribution is 1.37. The Kier molecular flexibility index (Phi) is 2.02. The van der Waals surface area contributed by atoms with Gasteiger partial charge in [-0.25, -0.2) is 4.98 Å². The first-order chi connectivity index (χ1) is 5.36. The lowest BCUT2D eigenvalue weighted by atomic mass is 10.4. The molecule has 0 aliphatic carbocycles. The number of hydrogen-bond acceptors (Lipinski definition) is 4. The van der Waals surface area contributed by atoms with E-state index in [0.717, 1.165) is 14.5 Å². The SMILES string of the molecule is Brc1nc(-c2cncs2)cs1. The molecule has 0 aliphatic heterocycles. The minimum atomic E-state index is 0.918. The second-order valence-electron chi connectivity index (χ2n) is 1.85. The van der Waals surface area contributed by atoms with Crippen LogP contribution in [0.2, 0.25) is 0 Å². The van der Waals surface area contributed by atoms with Crippen LogP contribution in [0.5, 0.6) is 0 Å². The van der Waals surface area contributed by atoms with Gasteiger partial charge in [0.15, 0.2) is 3.92 Å². The molecular formula is C6H3BrN2S2. The van der Waals surface area contributed by atoms with E-state index in [1.807, 2.05) is 17.1 Å². The molecule has 0 radical (unpaired) electrons. The predicted molar refractivity (Wildman–Crippen MR) is 50.9 cm³/mol. The van der Waals surface area contributed by atoms with Gasteiger partial charge in [0.05, 0.1) is 16.1 Å². The van der Waals surface area contributed by atoms with E-state index in [0.29, 0.717) is 0 Å². The second-order valence-corrected chi connectivity index (χ2v) is 4.87. The third kappa shape index (κ3) is 1.50. The summed E-state index contributed by atoms with van der Waals surface area (Å²) < 4.78 is 0.918. The van der Waals surface area contributed by atoms with Crippen molar-refractivity contribution in [2.75, 3.05) is 0 Å². The maximum atomic E-state index is 4.26. The third-order valence-corrected chi connectivity index (χ3v) is 3.32. The van der Waals surface area contributed by atoms with Crippen LogP contribution in [0.15, 0.2) is 21.0 Å². The van der Waals surface area contributed by atoms with Crippen molar-refractivity contribution < 1.29 is 0 Å². The highest BCUT2D eigenvalue weighted by Gasteiger charge is 2.02. The first-order valence-electron chi connectivity index (χ1n) is 2.86. The highest BCUT2D eigenvalue weighted by atomic mass is 79.9. The summed E-state index contributed by atoms with van der Waals surface area (Å²) in [5.74, 6) is 0. The molecule has 5 heteroatoms. The van der Waals surface area contributed by atoms with Crippen molar-refractivity contribution >= 4 is 38.6 Å². The lowest BCUT2D eigenvalue weighted by Crippen LogP contribution is -1.68. The summed E-state index contributed by atoms with van der Waals surface area (Å²) in [5.41, 5.74) is 2.81. The number of halogens is 1. The Hall–Kier alpha value is -0.260. The maximum Gasteiger partial charge on any atom is 0.159 e. The smallest absolute Gasteiger partial charge is 0.159 e. The van der Waals surface area contributed by atoms with E-state index in [2.05, 4.69) is 25.9 Å². The molecule has 0 unspecified atom stereocenters. The largest absolute Gasteiger partial charge is 0.252 e. The van der Waals surface area contributed by atoms with Crippen molar-refractivity contribution in [3.8, 4) is 10.6 Å². The minimum absolute atomic E-state index is 0.918. The van der Waals surface area contributed by atoms with Gasteiger partial charge in [0.1, 0.15) is 0 Å². The molecule has 0 bridgehead atoms. The van der Waals surface area contributed by atoms with E-state index in [-0.39, 0.29) is 0 Å². The Morgan fingerprint density at radius 2 is 2.27 bits per heavy atom. The van der Waals surface area contributed by atoms with Gasteiger partial charge in [-0.2, -0.15) is 0 Å². The van der Waals surface area contributed by atoms with Crippen molar-refractivity contribution in [3.63, 3.8) is 0 Å². The number of hydrogen-bond donors (Lipinski definition) is 0. The van der Waals surface area contributed by atoms with Crippen LogP contribution >= 0.6 is 38.6 Å². The molecule has 0 fully saturated rings. The van der Waals surface area contributed by atoms with E-state index in [1.54, 1.807) is 22.7 Å². The lowest BCUT2D eigenvalue weighted by Gasteiger charge is -1.83. The van der Waals surface area contributed by atoms with Crippen molar-refractivity contribution in [3.05, 3.63) is 21.0 Å². The van der Waals surface area contributed by atoms with E-state index in [9.17, 15) is 0 Å². The number of thiazole rings is 2. The Balaban J connectivity index is 2.45. The van der Waals surface area contributed by atoms with Crippen LogP contribution in [0.4, 0.5) is 0 Å². The van der Waals surface area contributed by atoms with Gasteiger partial charge in [-0.15, -0.1) is 22.7 Å². The first kappa shape index (κ1) is 7.39. The predicted octanol–water partition coefficient (Wildman–Crippen LogP) is 3.03. The third-order valence-electron chi connectivity index (χ3n) is 1.16. The van der Waals surface area contributed by atoms with Crippen molar-refractivity contribution in [2.45, 2.75) is 0 Å². The molecule has 2 aromatic heterocycles. The molecule has 0 saturated carbocycles. The molecule has 2 nitrogen and oxygen atoms in total. The zero-order valence-corrected chi connectivity index (χ0v) is 8.54. The molecule has 0 N–H and O–H groups in total. The van der Waals surface area contributed by atoms with Crippen LogP contribution in [0.1, 0.15) is 0 Å². The number of rotatable bonds is 1. The molecule has 2 heterocycles. The van der Waals surface area contributed by atoms with Gasteiger partial charge in [-0.05, 0) is 15.9 Å². The van der Waals surface area contributed by atoms with E-state index >= 15 is 0 Å². The zero-order valence-electron chi connectivity index (χ0n) is 5.32. The summed E-state index contributed by atoms with van der Waals surface area (Å²) >= 11 is 6.50. The molecule has 2 rings (SSSR count). The summed E-state index contributed by atoms with van der Waals surface area (Å²) in [7, 11) is 0. The molecule has 0 saturated heterocycles. The van der Waals surface area contributed by atoms with E-state index in [4.69, 9.17) is 0 Å². The molecule has 11 heavy (non-hydrogen) atoms. The molecule has 0 spiro atoms. The van der Waals surface area contributed by atoms with Crippen molar-refractivity contribution in [1.29, 1.82) is 0 Å². The Morgan fingerprint density at radius 3 is 2.82 bits per heavy atom. The van der Waals surface area contributed by atoms with Gasteiger partial charge in [0.25, 0.3) is 0 Å². The maximum absolute atomic E-state index is 4.26. The van der Waals surface area contributed by atoms with Gasteiger partial charge in [0, 0.05) is 11.6 Å². The highest BCUT2D eigenvalue weighted by Crippen LogP contribution is 2.26. The van der Waals surface area contributed by atoms with Gasteiger partial charge < -0.3 is 0 Å². The summed E-state index contributed by atoms with van der Waals surface area (Å²) in [4.78, 5) is 9.35. The monoisotopic (exact) mass is 246 g/mol. The zero-order chi connectivity index (χ0) is 7.68. The molecule has 0 aromatic carbocycles. The highest BCUT2D eigenvalue weighted by molar-refractivity contribution is 9.11. The summed E-state index contributed by atoms with van der Waals surface area (Å²) in [6, 6.07) is 0. The van der Waals surface area contributed by atoms with Crippen LogP contribution in [0.3, 0.4) is 0 Å². The van der Waals surface area contributed by atoms with Crippen LogP contribution in [0.25, 0.3) is 10.6 Å². The molecule has 0 atom stereocenters. The fourth-order valence-electron chi connectivity index (χ4n) is 0.707. The molecular weight excluding hydrogens is 244 g/mol. The molecule has 56 valence electrons. The fraction of sp³-hybridized carbons (Fsp3) is 0. The number of nitrogens with zero attached hydrogens (tertiary/aromatic N) is 2. The quantitative estimate of drug-likeness (QED) is 0.774. The topological polar surface area (TPSA) is 25.8 Å². The van der Waals surface area contributed by atoms with Gasteiger partial charge in [0.2, 0.25) is 0 Å². The van der Waals surface area contributed by atoms with Crippen LogP contribution in [-0.2, 0) is 0 Å².